The van der Waals surface area contributed by atoms with Crippen LogP contribution in [0.2, 0.25) is 0 Å². The van der Waals surface area contributed by atoms with Crippen LogP contribution in [0.1, 0.15) is 25.3 Å². The lowest BCUT2D eigenvalue weighted by molar-refractivity contribution is -0.126. The summed E-state index contributed by atoms with van der Waals surface area (Å²) in [6.45, 7) is 6.33. The average molecular weight is 420 g/mol. The number of piperazine rings is 1. The lowest BCUT2D eigenvalue weighted by Crippen LogP contribution is -2.48. The van der Waals surface area contributed by atoms with Crippen LogP contribution < -0.4 is 14.5 Å². The molecule has 4 rings (SSSR count). The van der Waals surface area contributed by atoms with Crippen molar-refractivity contribution in [3.63, 3.8) is 0 Å². The summed E-state index contributed by atoms with van der Waals surface area (Å²) < 4.78 is 5.74. The summed E-state index contributed by atoms with van der Waals surface area (Å²) in [6, 6.07) is 15.9. The van der Waals surface area contributed by atoms with Gasteiger partial charge in [-0.15, -0.1) is 0 Å². The Morgan fingerprint density at radius 2 is 1.74 bits per heavy atom. The number of hydrogen-bond acceptors (Lipinski definition) is 4. The highest BCUT2D eigenvalue weighted by atomic mass is 16.5. The second-order valence-electron chi connectivity index (χ2n) is 7.79. The number of nitrogens with zero attached hydrogens (tertiary/aromatic N) is 3. The van der Waals surface area contributed by atoms with E-state index in [0.717, 1.165) is 48.7 Å². The van der Waals surface area contributed by atoms with Crippen molar-refractivity contribution in [1.29, 1.82) is 0 Å². The molecule has 2 heterocycles. The number of para-hydroxylation sites is 2. The smallest absolute Gasteiger partial charge is 0.246 e. The van der Waals surface area contributed by atoms with E-state index in [2.05, 4.69) is 11.0 Å². The molecule has 0 aromatic heterocycles. The fourth-order valence-corrected chi connectivity index (χ4v) is 4.12. The van der Waals surface area contributed by atoms with Crippen molar-refractivity contribution in [2.45, 2.75) is 19.8 Å². The summed E-state index contributed by atoms with van der Waals surface area (Å²) in [4.78, 5) is 30.5. The Hall–Kier alpha value is -3.28. The molecule has 0 atom stereocenters. The summed E-state index contributed by atoms with van der Waals surface area (Å²) in [6.07, 6.45) is 5.02. The SMILES string of the molecule is CCOc1ccccc1N1CCN(C(=O)/C=C/c2ccc(N3CCCC3=O)cc2)CC1. The van der Waals surface area contributed by atoms with E-state index >= 15 is 0 Å². The van der Waals surface area contributed by atoms with Crippen LogP contribution in [0.15, 0.2) is 54.6 Å². The Morgan fingerprint density at radius 3 is 2.42 bits per heavy atom. The van der Waals surface area contributed by atoms with Gasteiger partial charge in [0.2, 0.25) is 11.8 Å². The molecule has 0 saturated carbocycles. The van der Waals surface area contributed by atoms with Crippen LogP contribution in [0.3, 0.4) is 0 Å². The minimum Gasteiger partial charge on any atom is -0.492 e. The molecule has 162 valence electrons. The van der Waals surface area contributed by atoms with E-state index in [1.54, 1.807) is 6.08 Å². The minimum atomic E-state index is 0.0246. The molecule has 2 aliphatic heterocycles. The van der Waals surface area contributed by atoms with Crippen LogP contribution in [0.5, 0.6) is 5.75 Å². The van der Waals surface area contributed by atoms with Crippen molar-refractivity contribution >= 4 is 29.3 Å². The van der Waals surface area contributed by atoms with Gasteiger partial charge >= 0.3 is 0 Å². The second-order valence-corrected chi connectivity index (χ2v) is 7.79. The zero-order valence-electron chi connectivity index (χ0n) is 18.0. The van der Waals surface area contributed by atoms with Crippen molar-refractivity contribution < 1.29 is 14.3 Å². The second kappa shape index (κ2) is 9.69. The third kappa shape index (κ3) is 4.90. The van der Waals surface area contributed by atoms with Crippen molar-refractivity contribution in [2.75, 3.05) is 49.1 Å². The van der Waals surface area contributed by atoms with E-state index in [9.17, 15) is 9.59 Å². The quantitative estimate of drug-likeness (QED) is 0.672. The molecule has 0 N–H and O–H groups in total. The molecule has 0 unspecified atom stereocenters. The summed E-state index contributed by atoms with van der Waals surface area (Å²) in [5.74, 6) is 1.10. The van der Waals surface area contributed by atoms with Gasteiger partial charge < -0.3 is 19.4 Å². The molecule has 2 aromatic carbocycles. The van der Waals surface area contributed by atoms with Gasteiger partial charge in [-0.25, -0.2) is 0 Å². The Kier molecular flexibility index (Phi) is 6.55. The zero-order valence-corrected chi connectivity index (χ0v) is 18.0. The molecule has 2 saturated heterocycles. The van der Waals surface area contributed by atoms with Crippen molar-refractivity contribution in [3.05, 3.63) is 60.2 Å². The Bertz CT molecular complexity index is 947. The first-order chi connectivity index (χ1) is 15.2. The third-order valence-corrected chi connectivity index (χ3v) is 5.79. The normalized spacial score (nSPS) is 16.9. The van der Waals surface area contributed by atoms with E-state index in [-0.39, 0.29) is 11.8 Å². The molecule has 0 bridgehead atoms. The lowest BCUT2D eigenvalue weighted by Gasteiger charge is -2.36. The number of benzene rings is 2. The van der Waals surface area contributed by atoms with Crippen LogP contribution in [0.25, 0.3) is 6.08 Å². The first-order valence-electron chi connectivity index (χ1n) is 11.0. The minimum absolute atomic E-state index is 0.0246. The number of ether oxygens (including phenoxy) is 1. The molecule has 2 fully saturated rings. The van der Waals surface area contributed by atoms with Crippen LogP contribution in [-0.2, 0) is 9.59 Å². The van der Waals surface area contributed by atoms with Gasteiger partial charge in [-0.3, -0.25) is 9.59 Å². The summed E-state index contributed by atoms with van der Waals surface area (Å²) in [5.41, 5.74) is 2.96. The van der Waals surface area contributed by atoms with Gasteiger partial charge in [0.1, 0.15) is 5.75 Å². The average Bonchev–Trinajstić information content (AvgIpc) is 3.24. The Balaban J connectivity index is 1.32. The molecular weight excluding hydrogens is 390 g/mol. The van der Waals surface area contributed by atoms with Gasteiger partial charge in [0.05, 0.1) is 12.3 Å². The molecule has 0 aliphatic carbocycles. The molecule has 0 radical (unpaired) electrons. The van der Waals surface area contributed by atoms with E-state index in [0.29, 0.717) is 26.1 Å². The molecule has 31 heavy (non-hydrogen) atoms. The summed E-state index contributed by atoms with van der Waals surface area (Å²) >= 11 is 0. The van der Waals surface area contributed by atoms with E-state index in [1.165, 1.54) is 0 Å². The first-order valence-corrected chi connectivity index (χ1v) is 11.0. The first kappa shape index (κ1) is 21.0. The van der Waals surface area contributed by atoms with Gasteiger partial charge in [-0.05, 0) is 49.2 Å². The van der Waals surface area contributed by atoms with Gasteiger partial charge in [-0.2, -0.15) is 0 Å². The van der Waals surface area contributed by atoms with Crippen molar-refractivity contribution in [3.8, 4) is 5.75 Å². The number of carbonyl (C=O) groups excluding carboxylic acids is 2. The maximum absolute atomic E-state index is 12.6. The highest BCUT2D eigenvalue weighted by Gasteiger charge is 2.22. The summed E-state index contributed by atoms with van der Waals surface area (Å²) in [5, 5.41) is 0. The number of rotatable bonds is 6. The summed E-state index contributed by atoms with van der Waals surface area (Å²) in [7, 11) is 0. The van der Waals surface area contributed by atoms with Gasteiger partial charge in [0.25, 0.3) is 0 Å². The van der Waals surface area contributed by atoms with Crippen LogP contribution in [0.4, 0.5) is 11.4 Å². The van der Waals surface area contributed by atoms with E-state index in [1.807, 2.05) is 65.3 Å². The van der Waals surface area contributed by atoms with Gasteiger partial charge in [0, 0.05) is 50.9 Å². The monoisotopic (exact) mass is 419 g/mol. The Labute approximate surface area is 183 Å². The maximum Gasteiger partial charge on any atom is 0.246 e. The highest BCUT2D eigenvalue weighted by Crippen LogP contribution is 2.29. The topological polar surface area (TPSA) is 53.1 Å². The zero-order chi connectivity index (χ0) is 21.6. The lowest BCUT2D eigenvalue weighted by atomic mass is 10.1. The fraction of sp³-hybridized carbons (Fsp3) is 0.360. The number of carbonyl (C=O) groups is 2. The van der Waals surface area contributed by atoms with Crippen LogP contribution in [-0.4, -0.2) is 56.0 Å². The van der Waals surface area contributed by atoms with E-state index in [4.69, 9.17) is 4.74 Å². The largest absolute Gasteiger partial charge is 0.492 e. The number of amides is 2. The molecule has 6 heteroatoms. The third-order valence-electron chi connectivity index (χ3n) is 5.79. The highest BCUT2D eigenvalue weighted by molar-refractivity contribution is 5.95. The number of hydrogen-bond donors (Lipinski definition) is 0. The van der Waals surface area contributed by atoms with Crippen LogP contribution >= 0.6 is 0 Å². The van der Waals surface area contributed by atoms with Gasteiger partial charge in [0.15, 0.2) is 0 Å². The van der Waals surface area contributed by atoms with Crippen molar-refractivity contribution in [2.24, 2.45) is 0 Å². The predicted octanol–water partition coefficient (Wildman–Crippen LogP) is 3.57. The molecule has 6 nitrogen and oxygen atoms in total. The van der Waals surface area contributed by atoms with Crippen molar-refractivity contribution in [1.82, 2.24) is 4.90 Å². The molecular formula is C25H29N3O3. The van der Waals surface area contributed by atoms with E-state index < -0.39 is 0 Å². The number of anilines is 2. The van der Waals surface area contributed by atoms with Gasteiger partial charge in [-0.1, -0.05) is 24.3 Å². The molecule has 2 aliphatic rings. The fourth-order valence-electron chi connectivity index (χ4n) is 4.12. The van der Waals surface area contributed by atoms with Crippen LogP contribution in [0, 0.1) is 0 Å². The Morgan fingerprint density at radius 1 is 1.00 bits per heavy atom. The maximum atomic E-state index is 12.6. The molecule has 2 amide bonds. The standard InChI is InChI=1S/C25H29N3O3/c1-2-31-23-7-4-3-6-22(23)26-16-18-27(19-17-26)24(29)14-11-20-9-12-21(13-10-20)28-15-5-8-25(28)30/h3-4,6-7,9-14H,2,5,8,15-19H2,1H3/b14-11+. The predicted molar refractivity (Wildman–Crippen MR) is 123 cm³/mol. The molecule has 0 spiro atoms. The molecule has 2 aromatic rings.